The Labute approximate surface area is 72.3 Å². The Hall–Kier alpha value is -1.25. The van der Waals surface area contributed by atoms with Crippen LogP contribution in [0.15, 0.2) is 24.7 Å². The topological polar surface area (TPSA) is 29.5 Å². The maximum atomic E-state index is 11.2. The van der Waals surface area contributed by atoms with Gasteiger partial charge in [0.2, 0.25) is 5.91 Å². The van der Waals surface area contributed by atoms with Gasteiger partial charge in [0.05, 0.1) is 13.1 Å². The predicted octanol–water partition coefficient (Wildman–Crippen LogP) is 1.28. The summed E-state index contributed by atoms with van der Waals surface area (Å²) in [5.41, 5.74) is 0. The molecule has 0 N–H and O–H groups in total. The third-order valence-electron chi connectivity index (χ3n) is 1.68. The van der Waals surface area contributed by atoms with Crippen LogP contribution in [0.2, 0.25) is 0 Å². The van der Waals surface area contributed by atoms with Crippen LogP contribution in [0.5, 0.6) is 0 Å². The van der Waals surface area contributed by atoms with E-state index in [-0.39, 0.29) is 5.91 Å². The molecule has 0 atom stereocenters. The molecule has 66 valence electrons. The highest BCUT2D eigenvalue weighted by Crippen LogP contribution is 2.14. The molecule has 1 heterocycles. The van der Waals surface area contributed by atoms with Crippen LogP contribution in [0, 0.1) is 0 Å². The van der Waals surface area contributed by atoms with E-state index in [0.717, 1.165) is 0 Å². The number of ether oxygens (including phenoxy) is 1. The number of amides is 1. The standard InChI is InChI=1S/C9H13NO2/c1-4-9(11)10-5-7(2)12-8(3)6-10/h2-6H2,1H3. The van der Waals surface area contributed by atoms with Crippen LogP contribution >= 0.6 is 0 Å². The molecule has 3 nitrogen and oxygen atoms in total. The van der Waals surface area contributed by atoms with Gasteiger partial charge in [-0.25, -0.2) is 0 Å². The zero-order valence-electron chi connectivity index (χ0n) is 7.30. The molecule has 0 aliphatic carbocycles. The van der Waals surface area contributed by atoms with Gasteiger partial charge in [0.25, 0.3) is 0 Å². The zero-order valence-corrected chi connectivity index (χ0v) is 7.30. The van der Waals surface area contributed by atoms with Crippen molar-refractivity contribution in [2.45, 2.75) is 13.3 Å². The lowest BCUT2D eigenvalue weighted by atomic mass is 10.3. The van der Waals surface area contributed by atoms with Crippen molar-refractivity contribution in [2.24, 2.45) is 0 Å². The normalized spacial score (nSPS) is 17.6. The molecule has 0 unspecified atom stereocenters. The quantitative estimate of drug-likeness (QED) is 0.588. The summed E-state index contributed by atoms with van der Waals surface area (Å²) in [7, 11) is 0. The molecule has 1 aliphatic heterocycles. The number of nitrogens with zero attached hydrogens (tertiary/aromatic N) is 1. The number of morpholine rings is 1. The molecule has 0 aromatic heterocycles. The fourth-order valence-electron chi connectivity index (χ4n) is 1.15. The number of carbonyl (C=O) groups excluding carboxylic acids is 1. The monoisotopic (exact) mass is 167 g/mol. The number of rotatable bonds is 1. The predicted molar refractivity (Wildman–Crippen MR) is 46.2 cm³/mol. The van der Waals surface area contributed by atoms with E-state index in [4.69, 9.17) is 4.74 Å². The van der Waals surface area contributed by atoms with Gasteiger partial charge in [0, 0.05) is 6.42 Å². The summed E-state index contributed by atoms with van der Waals surface area (Å²) in [5, 5.41) is 0. The summed E-state index contributed by atoms with van der Waals surface area (Å²) in [4.78, 5) is 12.9. The van der Waals surface area contributed by atoms with Gasteiger partial charge in [-0.3, -0.25) is 4.79 Å². The summed E-state index contributed by atoms with van der Waals surface area (Å²) in [5.74, 6) is 1.29. The molecule has 12 heavy (non-hydrogen) atoms. The molecule has 1 aliphatic rings. The molecule has 0 bridgehead atoms. The Morgan fingerprint density at radius 1 is 1.50 bits per heavy atom. The Kier molecular flexibility index (Phi) is 2.53. The second-order valence-electron chi connectivity index (χ2n) is 2.78. The van der Waals surface area contributed by atoms with Crippen molar-refractivity contribution in [3.05, 3.63) is 24.7 Å². The highest BCUT2D eigenvalue weighted by atomic mass is 16.5. The number of carbonyl (C=O) groups is 1. The second kappa shape index (κ2) is 3.43. The van der Waals surface area contributed by atoms with Gasteiger partial charge in [-0.05, 0) is 0 Å². The van der Waals surface area contributed by atoms with Crippen LogP contribution in [-0.2, 0) is 9.53 Å². The Balaban J connectivity index is 2.61. The maximum absolute atomic E-state index is 11.2. The van der Waals surface area contributed by atoms with E-state index in [1.807, 2.05) is 6.92 Å². The molecule has 0 saturated carbocycles. The lowest BCUT2D eigenvalue weighted by molar-refractivity contribution is -0.131. The summed E-state index contributed by atoms with van der Waals surface area (Å²) in [6.07, 6.45) is 0.514. The third-order valence-corrected chi connectivity index (χ3v) is 1.68. The van der Waals surface area contributed by atoms with Crippen molar-refractivity contribution in [1.82, 2.24) is 4.90 Å². The van der Waals surface area contributed by atoms with Gasteiger partial charge in [-0.1, -0.05) is 20.1 Å². The van der Waals surface area contributed by atoms with Crippen LogP contribution in [0.4, 0.5) is 0 Å². The zero-order chi connectivity index (χ0) is 9.14. The molecule has 1 amide bonds. The molecule has 1 rings (SSSR count). The van der Waals surface area contributed by atoms with Crippen molar-refractivity contribution < 1.29 is 9.53 Å². The van der Waals surface area contributed by atoms with Crippen molar-refractivity contribution >= 4 is 5.91 Å². The summed E-state index contributed by atoms with van der Waals surface area (Å²) in [6.45, 7) is 10.1. The third kappa shape index (κ3) is 1.87. The highest BCUT2D eigenvalue weighted by molar-refractivity contribution is 5.76. The molecule has 3 heteroatoms. The fraction of sp³-hybridized carbons (Fsp3) is 0.444. The van der Waals surface area contributed by atoms with E-state index in [2.05, 4.69) is 13.2 Å². The Bertz CT molecular complexity index is 217. The SMILES string of the molecule is C=C1CN(C(=O)CC)CC(=C)O1. The van der Waals surface area contributed by atoms with Crippen molar-refractivity contribution in [2.75, 3.05) is 13.1 Å². The first kappa shape index (κ1) is 8.84. The molecule has 1 saturated heterocycles. The molecule has 0 spiro atoms. The average Bonchev–Trinajstić information content (AvgIpc) is 2.01. The van der Waals surface area contributed by atoms with E-state index in [1.165, 1.54) is 0 Å². The first-order chi connectivity index (χ1) is 5.63. The first-order valence-corrected chi connectivity index (χ1v) is 3.94. The lowest BCUT2D eigenvalue weighted by Crippen LogP contribution is -2.37. The van der Waals surface area contributed by atoms with Gasteiger partial charge >= 0.3 is 0 Å². The summed E-state index contributed by atoms with van der Waals surface area (Å²) < 4.78 is 5.13. The van der Waals surface area contributed by atoms with Crippen LogP contribution in [-0.4, -0.2) is 23.9 Å². The largest absolute Gasteiger partial charge is 0.464 e. The van der Waals surface area contributed by atoms with E-state index in [0.29, 0.717) is 31.0 Å². The Morgan fingerprint density at radius 3 is 2.42 bits per heavy atom. The molecule has 0 aromatic carbocycles. The van der Waals surface area contributed by atoms with Crippen LogP contribution < -0.4 is 0 Å². The molecule has 0 aromatic rings. The number of hydrogen-bond acceptors (Lipinski definition) is 2. The summed E-state index contributed by atoms with van der Waals surface area (Å²) in [6, 6.07) is 0. The average molecular weight is 167 g/mol. The highest BCUT2D eigenvalue weighted by Gasteiger charge is 2.20. The van der Waals surface area contributed by atoms with E-state index >= 15 is 0 Å². The lowest BCUT2D eigenvalue weighted by Gasteiger charge is -2.29. The summed E-state index contributed by atoms with van der Waals surface area (Å²) >= 11 is 0. The minimum atomic E-state index is 0.112. The number of hydrogen-bond donors (Lipinski definition) is 0. The smallest absolute Gasteiger partial charge is 0.223 e. The van der Waals surface area contributed by atoms with Crippen LogP contribution in [0.1, 0.15) is 13.3 Å². The minimum absolute atomic E-state index is 0.112. The van der Waals surface area contributed by atoms with Gasteiger partial charge in [0.15, 0.2) is 0 Å². The fourth-order valence-corrected chi connectivity index (χ4v) is 1.15. The second-order valence-corrected chi connectivity index (χ2v) is 2.78. The van der Waals surface area contributed by atoms with Crippen LogP contribution in [0.3, 0.4) is 0 Å². The van der Waals surface area contributed by atoms with Crippen molar-refractivity contribution in [1.29, 1.82) is 0 Å². The van der Waals surface area contributed by atoms with Gasteiger partial charge < -0.3 is 9.64 Å². The molecule has 1 fully saturated rings. The van der Waals surface area contributed by atoms with Gasteiger partial charge in [-0.2, -0.15) is 0 Å². The van der Waals surface area contributed by atoms with E-state index in [9.17, 15) is 4.79 Å². The van der Waals surface area contributed by atoms with Gasteiger partial charge in [0.1, 0.15) is 11.5 Å². The van der Waals surface area contributed by atoms with E-state index < -0.39 is 0 Å². The molecule has 0 radical (unpaired) electrons. The van der Waals surface area contributed by atoms with Crippen molar-refractivity contribution in [3.63, 3.8) is 0 Å². The van der Waals surface area contributed by atoms with Crippen LogP contribution in [0.25, 0.3) is 0 Å². The van der Waals surface area contributed by atoms with E-state index in [1.54, 1.807) is 4.90 Å². The first-order valence-electron chi connectivity index (χ1n) is 3.94. The van der Waals surface area contributed by atoms with Crippen molar-refractivity contribution in [3.8, 4) is 0 Å². The van der Waals surface area contributed by atoms with Gasteiger partial charge in [-0.15, -0.1) is 0 Å². The minimum Gasteiger partial charge on any atom is -0.464 e. The maximum Gasteiger partial charge on any atom is 0.223 e. The Morgan fingerprint density at radius 2 is 2.00 bits per heavy atom. The molecular weight excluding hydrogens is 154 g/mol. The molecular formula is C9H13NO2.